The van der Waals surface area contributed by atoms with E-state index in [0.717, 1.165) is 0 Å². The molecular weight excluding hydrogens is 264 g/mol. The van der Waals surface area contributed by atoms with E-state index < -0.39 is 0 Å². The molecular formula is H48N12O6. The van der Waals surface area contributed by atoms with Gasteiger partial charge in [-0.15, -0.1) is 0 Å². The zero-order chi connectivity index (χ0) is 0. The van der Waals surface area contributed by atoms with Gasteiger partial charge in [-0.3, -0.25) is 0 Å². The quantitative estimate of drug-likeness (QED) is 0.212. The Bertz CT molecular complexity index is 16.5. The van der Waals surface area contributed by atoms with Crippen LogP contribution in [0.4, 0.5) is 0 Å². The normalized spacial score (nSPS) is 0. The van der Waals surface area contributed by atoms with Gasteiger partial charge in [0.2, 0.25) is 0 Å². The van der Waals surface area contributed by atoms with Crippen molar-refractivity contribution in [1.82, 2.24) is 73.8 Å². The first-order valence-corrected chi connectivity index (χ1v) is 0. The van der Waals surface area contributed by atoms with Crippen molar-refractivity contribution in [3.05, 3.63) is 0 Å². The van der Waals surface area contributed by atoms with E-state index in [1.807, 2.05) is 0 Å². The fourth-order valence-corrected chi connectivity index (χ4v) is 0. The second kappa shape index (κ2) is 7330. The molecule has 18 heavy (non-hydrogen) atoms. The molecule has 144 valence electrons. The van der Waals surface area contributed by atoms with E-state index in [1.54, 1.807) is 0 Å². The zero-order valence-corrected chi connectivity index (χ0v) is 11.5. The van der Waals surface area contributed by atoms with Gasteiger partial charge in [-0.25, -0.2) is 0 Å². The number of rotatable bonds is 0. The highest BCUT2D eigenvalue weighted by molar-refractivity contribution is 2.15. The van der Waals surface area contributed by atoms with Gasteiger partial charge in [0, 0.05) is 0 Å². The van der Waals surface area contributed by atoms with Crippen LogP contribution in [-0.2, 0) is 0 Å². The second-order valence-corrected chi connectivity index (χ2v) is 0. The molecule has 0 unspecified atom stereocenters. The molecule has 0 rings (SSSR count). The van der Waals surface area contributed by atoms with Crippen molar-refractivity contribution in [2.45, 2.75) is 0 Å². The van der Waals surface area contributed by atoms with Crippen LogP contribution in [0.1, 0.15) is 0 Å². The first-order valence-electron chi connectivity index (χ1n) is 0. The van der Waals surface area contributed by atoms with Gasteiger partial charge in [0.1, 0.15) is 0 Å². The van der Waals surface area contributed by atoms with Crippen LogP contribution in [-0.4, -0.2) is 32.9 Å². The van der Waals surface area contributed by atoms with E-state index in [1.165, 1.54) is 0 Å². The van der Waals surface area contributed by atoms with Crippen molar-refractivity contribution in [2.24, 2.45) is 0 Å². The van der Waals surface area contributed by atoms with Gasteiger partial charge in [-0.05, 0) is 0 Å². The smallest absolute Gasteiger partial charge is 0.344 e. The molecule has 48 N–H and O–H groups in total. The SMILES string of the molecule is N.N.N.N.N.N.N.N.N.N.N.N.O.O.O.O.O.O. The molecule has 18 heteroatoms. The van der Waals surface area contributed by atoms with E-state index in [0.29, 0.717) is 0 Å². The van der Waals surface area contributed by atoms with Gasteiger partial charge in [0.25, 0.3) is 0 Å². The van der Waals surface area contributed by atoms with Crippen LogP contribution in [0, 0.1) is 0 Å². The van der Waals surface area contributed by atoms with Crippen molar-refractivity contribution in [1.29, 1.82) is 0 Å². The van der Waals surface area contributed by atoms with Crippen LogP contribution in [0.5, 0.6) is 0 Å². The van der Waals surface area contributed by atoms with Crippen LogP contribution in [0.2, 0.25) is 0 Å². The molecule has 0 aliphatic rings. The van der Waals surface area contributed by atoms with Gasteiger partial charge in [-0.2, -0.15) is 0 Å². The maximum atomic E-state index is 0. The average Bonchev–Trinajstić information content (AvgIpc) is 0. The number of hydrogen-bond acceptors (Lipinski definition) is 12. The van der Waals surface area contributed by atoms with Crippen molar-refractivity contribution in [3.8, 4) is 0 Å². The Balaban J connectivity index is 0. The molecule has 0 saturated carbocycles. The molecule has 0 aliphatic carbocycles. The molecule has 0 saturated heterocycles. The van der Waals surface area contributed by atoms with Crippen molar-refractivity contribution in [3.63, 3.8) is 0 Å². The third-order valence-corrected chi connectivity index (χ3v) is 0. The summed E-state index contributed by atoms with van der Waals surface area (Å²) in [5.41, 5.74) is 0. The minimum Gasteiger partial charge on any atom is -0.412 e. The minimum absolute atomic E-state index is 0. The lowest BCUT2D eigenvalue weighted by molar-refractivity contribution is 0.823. The molecule has 0 aromatic heterocycles. The Morgan fingerprint density at radius 1 is 0.111 bits per heavy atom. The highest BCUT2D eigenvalue weighted by Crippen LogP contribution is -0.284. The van der Waals surface area contributed by atoms with Crippen molar-refractivity contribution >= 4 is 0 Å². The fourth-order valence-electron chi connectivity index (χ4n) is 0. The summed E-state index contributed by atoms with van der Waals surface area (Å²) in [6.45, 7) is 0. The molecule has 0 aromatic carbocycles. The van der Waals surface area contributed by atoms with Crippen LogP contribution >= 0.6 is 0 Å². The molecule has 0 spiro atoms. The average molecular weight is 312 g/mol. The van der Waals surface area contributed by atoms with Crippen LogP contribution in [0.3, 0.4) is 0 Å². The standard InChI is InChI=1S/12H3N.6H2O/h12*1H3;6*1H2. The molecule has 18 nitrogen and oxygen atoms in total. The summed E-state index contributed by atoms with van der Waals surface area (Å²) in [5, 5.41) is 0. The maximum Gasteiger partial charge on any atom is -0.344 e. The lowest BCUT2D eigenvalue weighted by atomic mass is 14.0. The Morgan fingerprint density at radius 3 is 0.111 bits per heavy atom. The summed E-state index contributed by atoms with van der Waals surface area (Å²) in [6, 6.07) is 0. The van der Waals surface area contributed by atoms with Crippen LogP contribution < -0.4 is 73.8 Å². The predicted molar refractivity (Wildman–Crippen MR) is 81.9 cm³/mol. The van der Waals surface area contributed by atoms with Crippen molar-refractivity contribution < 1.29 is 32.9 Å². The fraction of sp³-hybridized carbons (Fsp3) is 0. The Labute approximate surface area is 108 Å². The highest BCUT2D eigenvalue weighted by atomic mass is 16.0. The third kappa shape index (κ3) is 6010. The summed E-state index contributed by atoms with van der Waals surface area (Å²) in [5.74, 6) is 0. The first-order chi connectivity index (χ1) is 0. The van der Waals surface area contributed by atoms with Gasteiger partial charge in [-0.1, -0.05) is 0 Å². The van der Waals surface area contributed by atoms with E-state index in [-0.39, 0.29) is 107 Å². The van der Waals surface area contributed by atoms with E-state index in [4.69, 9.17) is 0 Å². The molecule has 0 aromatic rings. The van der Waals surface area contributed by atoms with Crippen molar-refractivity contribution in [2.75, 3.05) is 0 Å². The second-order valence-electron chi connectivity index (χ2n) is 0. The zero-order valence-electron chi connectivity index (χ0n) is 11.5. The van der Waals surface area contributed by atoms with E-state index in [9.17, 15) is 0 Å². The lowest BCUT2D eigenvalue weighted by Crippen LogP contribution is -0.482. The maximum absolute atomic E-state index is 0. The molecule has 0 heterocycles. The predicted octanol–water partition coefficient (Wildman–Crippen LogP) is -3.00. The monoisotopic (exact) mass is 312 g/mol. The highest BCUT2D eigenvalue weighted by Gasteiger charge is -0.332. The molecule has 0 fully saturated rings. The Hall–Kier alpha value is -0.720. The van der Waals surface area contributed by atoms with Gasteiger partial charge in [0.15, 0.2) is 0 Å². The largest absolute Gasteiger partial charge is 0.412 e. The van der Waals surface area contributed by atoms with Gasteiger partial charge < -0.3 is 107 Å². The summed E-state index contributed by atoms with van der Waals surface area (Å²) in [6.07, 6.45) is 0. The van der Waals surface area contributed by atoms with Gasteiger partial charge in [0.05, 0.1) is 0 Å². The number of hydrogen-bond donors (Lipinski definition) is 12. The van der Waals surface area contributed by atoms with Gasteiger partial charge >= 0.3 is 0 Å². The molecule has 0 amide bonds. The molecule has 0 aliphatic heterocycles. The lowest BCUT2D eigenvalue weighted by Gasteiger charge is -0.413. The first kappa shape index (κ1) is 8830. The van der Waals surface area contributed by atoms with E-state index in [2.05, 4.69) is 0 Å². The van der Waals surface area contributed by atoms with Crippen LogP contribution in [0.25, 0.3) is 0 Å². The molecule has 0 atom stereocenters. The summed E-state index contributed by atoms with van der Waals surface area (Å²) in [4.78, 5) is 0. The topological polar surface area (TPSA) is 609 Å². The molecule has 0 bridgehead atoms. The Kier molecular flexibility index (Phi) is 3600000. The van der Waals surface area contributed by atoms with E-state index >= 15 is 0 Å². The Morgan fingerprint density at radius 2 is 0.111 bits per heavy atom. The third-order valence-electron chi connectivity index (χ3n) is 0. The summed E-state index contributed by atoms with van der Waals surface area (Å²) in [7, 11) is 0. The summed E-state index contributed by atoms with van der Waals surface area (Å²) >= 11 is 0. The molecule has 0 radical (unpaired) electrons. The van der Waals surface area contributed by atoms with Crippen LogP contribution in [0.15, 0.2) is 0 Å². The summed E-state index contributed by atoms with van der Waals surface area (Å²) < 4.78 is 0. The minimum atomic E-state index is 0.